The van der Waals surface area contributed by atoms with Crippen LogP contribution in [-0.4, -0.2) is 16.2 Å². The van der Waals surface area contributed by atoms with Gasteiger partial charge in [-0.25, -0.2) is 4.98 Å². The van der Waals surface area contributed by atoms with E-state index in [1.807, 2.05) is 25.1 Å². The molecule has 0 amide bonds. The first-order chi connectivity index (χ1) is 9.16. The summed E-state index contributed by atoms with van der Waals surface area (Å²) >= 11 is 2.05. The number of rotatable bonds is 2. The smallest absolute Gasteiger partial charge is 0.267 e. The van der Waals surface area contributed by atoms with E-state index >= 15 is 0 Å². The van der Waals surface area contributed by atoms with Crippen LogP contribution in [0.5, 0.6) is 5.75 Å². The largest absolute Gasteiger partial charge is 0.493 e. The molecule has 2 aromatic rings. The van der Waals surface area contributed by atoms with Crippen molar-refractivity contribution in [3.8, 4) is 5.75 Å². The van der Waals surface area contributed by atoms with Crippen molar-refractivity contribution in [2.24, 2.45) is 0 Å². The van der Waals surface area contributed by atoms with Crippen LogP contribution in [0.4, 0.5) is 0 Å². The molecule has 0 radical (unpaired) electrons. The Kier molecular flexibility index (Phi) is 3.30. The number of hydrogen-bond donors (Lipinski definition) is 0. The van der Waals surface area contributed by atoms with Gasteiger partial charge in [-0.3, -0.25) is 9.36 Å². The molecule has 1 atom stereocenters. The van der Waals surface area contributed by atoms with E-state index in [0.717, 1.165) is 11.4 Å². The monoisotopic (exact) mass is 368 g/mol. The van der Waals surface area contributed by atoms with Crippen molar-refractivity contribution in [1.29, 1.82) is 0 Å². The summed E-state index contributed by atoms with van der Waals surface area (Å²) in [4.78, 5) is 16.4. The van der Waals surface area contributed by atoms with Crippen LogP contribution in [0.1, 0.15) is 17.2 Å². The van der Waals surface area contributed by atoms with Gasteiger partial charge in [0.1, 0.15) is 5.75 Å². The van der Waals surface area contributed by atoms with Crippen molar-refractivity contribution in [2.75, 3.05) is 6.61 Å². The second kappa shape index (κ2) is 4.96. The van der Waals surface area contributed by atoms with Crippen molar-refractivity contribution in [3.63, 3.8) is 0 Å². The van der Waals surface area contributed by atoms with Crippen LogP contribution >= 0.6 is 22.6 Å². The number of aromatic nitrogens is 2. The zero-order valence-electron chi connectivity index (χ0n) is 10.5. The van der Waals surface area contributed by atoms with Gasteiger partial charge >= 0.3 is 0 Å². The van der Waals surface area contributed by atoms with Crippen molar-refractivity contribution < 1.29 is 4.74 Å². The van der Waals surface area contributed by atoms with Gasteiger partial charge in [-0.05, 0) is 35.6 Å². The van der Waals surface area contributed by atoms with Gasteiger partial charge in [0, 0.05) is 18.0 Å². The van der Waals surface area contributed by atoms with E-state index in [4.69, 9.17) is 4.74 Å². The number of benzene rings is 1. The van der Waals surface area contributed by atoms with E-state index in [1.165, 1.54) is 5.56 Å². The average Bonchev–Trinajstić information content (AvgIpc) is 2.83. The minimum atomic E-state index is 0.0254. The van der Waals surface area contributed by atoms with Gasteiger partial charge in [-0.15, -0.1) is 0 Å². The Balaban J connectivity index is 1.92. The fourth-order valence-corrected chi connectivity index (χ4v) is 2.74. The summed E-state index contributed by atoms with van der Waals surface area (Å²) in [6.07, 6.45) is 1.63. The lowest BCUT2D eigenvalue weighted by molar-refractivity contribution is 0.317. The van der Waals surface area contributed by atoms with Crippen LogP contribution in [0.2, 0.25) is 0 Å². The maximum Gasteiger partial charge on any atom is 0.267 e. The number of ether oxygens (including phenoxy) is 1. The lowest BCUT2D eigenvalue weighted by atomic mass is 10.0. The molecular formula is C14H13IN2O2. The molecule has 0 N–H and O–H groups in total. The van der Waals surface area contributed by atoms with E-state index in [2.05, 4.69) is 33.6 Å². The van der Waals surface area contributed by atoms with Crippen LogP contribution in [0, 0.1) is 10.5 Å². The SMILES string of the molecule is Cc1ncn(CC2COc3ccccc32)c(=O)c1I. The van der Waals surface area contributed by atoms with Gasteiger partial charge in [-0.1, -0.05) is 18.2 Å². The molecule has 0 saturated heterocycles. The standard InChI is InChI=1S/C14H13IN2O2/c1-9-13(15)14(18)17(8-16-9)6-10-7-19-12-5-3-2-4-11(10)12/h2-5,8,10H,6-7H2,1H3. The molecular weight excluding hydrogens is 355 g/mol. The lowest BCUT2D eigenvalue weighted by Crippen LogP contribution is -2.27. The lowest BCUT2D eigenvalue weighted by Gasteiger charge is -2.11. The average molecular weight is 368 g/mol. The van der Waals surface area contributed by atoms with Crippen molar-refractivity contribution in [1.82, 2.24) is 9.55 Å². The van der Waals surface area contributed by atoms with E-state index in [0.29, 0.717) is 16.7 Å². The first-order valence-corrected chi connectivity index (χ1v) is 7.18. The van der Waals surface area contributed by atoms with Crippen molar-refractivity contribution in [2.45, 2.75) is 19.4 Å². The number of para-hydroxylation sites is 1. The van der Waals surface area contributed by atoms with E-state index < -0.39 is 0 Å². The summed E-state index contributed by atoms with van der Waals surface area (Å²) in [5.74, 6) is 1.14. The molecule has 0 spiro atoms. The molecule has 0 fully saturated rings. The highest BCUT2D eigenvalue weighted by molar-refractivity contribution is 14.1. The Labute approximate surface area is 124 Å². The molecule has 1 aromatic carbocycles. The molecule has 5 heteroatoms. The Morgan fingerprint density at radius 1 is 1.47 bits per heavy atom. The highest BCUT2D eigenvalue weighted by Gasteiger charge is 2.24. The van der Waals surface area contributed by atoms with Gasteiger partial charge < -0.3 is 4.74 Å². The number of halogens is 1. The fourth-order valence-electron chi connectivity index (χ4n) is 2.29. The second-order valence-corrected chi connectivity index (χ2v) is 5.73. The van der Waals surface area contributed by atoms with E-state index in [1.54, 1.807) is 10.9 Å². The summed E-state index contributed by atoms with van der Waals surface area (Å²) in [7, 11) is 0. The molecule has 98 valence electrons. The van der Waals surface area contributed by atoms with Crippen LogP contribution in [0.25, 0.3) is 0 Å². The first kappa shape index (κ1) is 12.7. The van der Waals surface area contributed by atoms with Gasteiger partial charge in [0.15, 0.2) is 0 Å². The molecule has 19 heavy (non-hydrogen) atoms. The van der Waals surface area contributed by atoms with Crippen LogP contribution < -0.4 is 10.3 Å². The number of fused-ring (bicyclic) bond motifs is 1. The Bertz CT molecular complexity index is 681. The highest BCUT2D eigenvalue weighted by Crippen LogP contribution is 2.34. The molecule has 3 rings (SSSR count). The van der Waals surface area contributed by atoms with Gasteiger partial charge in [0.2, 0.25) is 0 Å². The normalized spacial score (nSPS) is 17.1. The quantitative estimate of drug-likeness (QED) is 0.765. The Morgan fingerprint density at radius 2 is 2.26 bits per heavy atom. The highest BCUT2D eigenvalue weighted by atomic mass is 127. The topological polar surface area (TPSA) is 44.1 Å². The molecule has 2 heterocycles. The predicted molar refractivity (Wildman–Crippen MR) is 80.6 cm³/mol. The third-order valence-corrected chi connectivity index (χ3v) is 4.61. The molecule has 0 aliphatic carbocycles. The van der Waals surface area contributed by atoms with Crippen molar-refractivity contribution >= 4 is 22.6 Å². The second-order valence-electron chi connectivity index (χ2n) is 4.65. The van der Waals surface area contributed by atoms with Gasteiger partial charge in [0.05, 0.1) is 22.2 Å². The van der Waals surface area contributed by atoms with Crippen LogP contribution in [-0.2, 0) is 6.54 Å². The number of aryl methyl sites for hydroxylation is 1. The van der Waals surface area contributed by atoms with Gasteiger partial charge in [0.25, 0.3) is 5.56 Å². The summed E-state index contributed by atoms with van der Waals surface area (Å²) < 4.78 is 8.00. The molecule has 0 bridgehead atoms. The van der Waals surface area contributed by atoms with Crippen molar-refractivity contribution in [3.05, 3.63) is 55.8 Å². The van der Waals surface area contributed by atoms with Crippen LogP contribution in [0.3, 0.4) is 0 Å². The molecule has 4 nitrogen and oxygen atoms in total. The van der Waals surface area contributed by atoms with E-state index in [-0.39, 0.29) is 11.5 Å². The predicted octanol–water partition coefficient (Wildman–Crippen LogP) is 2.33. The first-order valence-electron chi connectivity index (χ1n) is 6.10. The Hall–Kier alpha value is -1.37. The minimum Gasteiger partial charge on any atom is -0.493 e. The molecule has 1 aliphatic heterocycles. The van der Waals surface area contributed by atoms with Gasteiger partial charge in [-0.2, -0.15) is 0 Å². The summed E-state index contributed by atoms with van der Waals surface area (Å²) in [6, 6.07) is 7.99. The molecule has 1 aliphatic rings. The minimum absolute atomic E-state index is 0.0254. The maximum atomic E-state index is 12.2. The third kappa shape index (κ3) is 2.27. The zero-order chi connectivity index (χ0) is 13.4. The molecule has 1 aromatic heterocycles. The summed E-state index contributed by atoms with van der Waals surface area (Å²) in [6.45, 7) is 3.08. The number of nitrogens with zero attached hydrogens (tertiary/aromatic N) is 2. The molecule has 1 unspecified atom stereocenters. The fraction of sp³-hybridized carbons (Fsp3) is 0.286. The van der Waals surface area contributed by atoms with E-state index in [9.17, 15) is 4.79 Å². The third-order valence-electron chi connectivity index (χ3n) is 3.37. The Morgan fingerprint density at radius 3 is 3.11 bits per heavy atom. The molecule has 0 saturated carbocycles. The summed E-state index contributed by atoms with van der Waals surface area (Å²) in [5, 5.41) is 0. The maximum absolute atomic E-state index is 12.2. The zero-order valence-corrected chi connectivity index (χ0v) is 12.6. The van der Waals surface area contributed by atoms with Crippen LogP contribution in [0.15, 0.2) is 35.4 Å². The number of hydrogen-bond acceptors (Lipinski definition) is 3. The summed E-state index contributed by atoms with van der Waals surface area (Å²) in [5.41, 5.74) is 1.98.